The summed E-state index contributed by atoms with van der Waals surface area (Å²) in [5.41, 5.74) is 2.27. The van der Waals surface area contributed by atoms with Crippen molar-refractivity contribution < 1.29 is 158 Å². The van der Waals surface area contributed by atoms with Gasteiger partial charge in [-0.05, 0) is 56.8 Å². The van der Waals surface area contributed by atoms with E-state index >= 15 is 0 Å². The first kappa shape index (κ1) is 81.9. The number of aldehydes is 2. The van der Waals surface area contributed by atoms with Crippen molar-refractivity contribution in [1.29, 1.82) is 0 Å². The molecule has 0 aromatic heterocycles. The Kier molecular flexibility index (Phi) is 57.3. The SMILES string of the molecule is C.COC(=O)/C=C/c1cccc(S(=O)(=O)Cl)c1.COC(=O)/C=C/c1cccc([S-](=O)=O)c1.O=Cc1cccc([S-](=O)=O)c1.O=Cc1ccccc1.O=S(=O)(O)O.O=S(=O)=O.O=S(Cl)Cl.[Na+].[Na+].[OH-].[OH-]. The zero-order valence-electron chi connectivity index (χ0n) is 34.5. The summed E-state index contributed by atoms with van der Waals surface area (Å²) in [6, 6.07) is 27.0. The van der Waals surface area contributed by atoms with Crippen LogP contribution in [0, 0.1) is 0 Å². The first-order valence-corrected chi connectivity index (χ1v) is 25.0. The van der Waals surface area contributed by atoms with Crippen molar-refractivity contribution in [2.45, 2.75) is 22.1 Å². The van der Waals surface area contributed by atoms with Crippen molar-refractivity contribution in [3.63, 3.8) is 0 Å². The quantitative estimate of drug-likeness (QED) is 0.0412. The first-order valence-electron chi connectivity index (χ1n) is 15.3. The van der Waals surface area contributed by atoms with Gasteiger partial charge < -0.3 is 37.3 Å². The van der Waals surface area contributed by atoms with Crippen LogP contribution in [0.1, 0.15) is 39.3 Å². The summed E-state index contributed by atoms with van der Waals surface area (Å²) >= 11 is 0. The third kappa shape index (κ3) is 53.9. The minimum absolute atomic E-state index is 0. The first-order chi connectivity index (χ1) is 29.2. The zero-order valence-corrected chi connectivity index (χ0v) is 45.7. The molecular weight excluding hydrogens is 1120 g/mol. The van der Waals surface area contributed by atoms with Crippen molar-refractivity contribution in [2.24, 2.45) is 0 Å². The molecule has 0 fully saturated rings. The Hall–Kier alpha value is -3.08. The molecule has 0 saturated carbocycles. The zero-order chi connectivity index (χ0) is 49.2. The summed E-state index contributed by atoms with van der Waals surface area (Å²) in [6.07, 6.45) is 6.79. The Labute approximate surface area is 456 Å². The number of esters is 2. The van der Waals surface area contributed by atoms with E-state index in [4.69, 9.17) is 45.0 Å². The Morgan fingerprint density at radius 3 is 1.18 bits per heavy atom. The number of carbonyl (C=O) groups excluding carboxylic acids is 4. The van der Waals surface area contributed by atoms with E-state index in [9.17, 15) is 44.4 Å². The smallest absolute Gasteiger partial charge is 0.870 e. The minimum Gasteiger partial charge on any atom is -0.870 e. The van der Waals surface area contributed by atoms with Crippen molar-refractivity contribution in [3.8, 4) is 0 Å². The fraction of sp³-hybridized carbons (Fsp3) is 0.0857. The van der Waals surface area contributed by atoms with Gasteiger partial charge in [0.25, 0.3) is 9.05 Å². The molecular formula is C35H37Cl3Na2O22S6-2. The van der Waals surface area contributed by atoms with Gasteiger partial charge in [0.15, 0.2) is 0 Å². The standard InChI is InChI=1S/C10H9ClO4S.C10H9O4S.C7H5O3S.C7H6O.CH4.Cl2OS.2Na.H2O4S.O3S.2H2O/c1-15-10(12)6-5-8-3-2-4-9(7-8)16(11,13)14;1-14-10(11)6-5-8-3-2-4-9(7-8)15(12)13;8-5-6-2-1-3-7(4-6)11(9)10;8-6-7-4-2-1-3-5-7;;1-4(2)3;;;1-5(2,3)4;1-4(2)3;;/h2-7H,1H3;2-7H,1H3;1-5H;1-6H;1H4;;;;(H2,1,2,3,4);;2*1H2/q;2*-1;;;;2*+1;;;;/p-2/b2*6-5+;;;;;;;;;;. The number of benzene rings is 4. The van der Waals surface area contributed by atoms with E-state index in [0.29, 0.717) is 23.0 Å². The maximum atomic E-state index is 11.0. The van der Waals surface area contributed by atoms with Gasteiger partial charge in [0.2, 0.25) is 9.23 Å². The van der Waals surface area contributed by atoms with Crippen LogP contribution in [0.3, 0.4) is 0 Å². The summed E-state index contributed by atoms with van der Waals surface area (Å²) in [4.78, 5) is 42.1. The number of hydrogen-bond acceptors (Lipinski definition) is 22. The Morgan fingerprint density at radius 2 is 0.882 bits per heavy atom. The molecule has 0 radical (unpaired) electrons. The number of rotatable bonds is 9. The number of hydrogen-bond donors (Lipinski definition) is 2. The van der Waals surface area contributed by atoms with Gasteiger partial charge in [0.05, 0.1) is 19.1 Å². The van der Waals surface area contributed by atoms with E-state index in [0.717, 1.165) is 11.8 Å². The minimum atomic E-state index is -4.67. The van der Waals surface area contributed by atoms with Gasteiger partial charge in [-0.1, -0.05) is 108 Å². The predicted octanol–water partition coefficient (Wildman–Crippen LogP) is -0.316. The van der Waals surface area contributed by atoms with Gasteiger partial charge in [-0.15, -0.1) is 12.6 Å². The second kappa shape index (κ2) is 47.6. The fourth-order valence-electron chi connectivity index (χ4n) is 3.18. The normalized spacial score (nSPS) is 9.44. The molecule has 0 aliphatic heterocycles. The fourth-order valence-corrected chi connectivity index (χ4v) is 4.83. The topological polar surface area (TPSA) is 392 Å². The predicted molar refractivity (Wildman–Crippen MR) is 240 cm³/mol. The number of halogens is 3. The van der Waals surface area contributed by atoms with E-state index in [1.807, 2.05) is 18.2 Å². The van der Waals surface area contributed by atoms with Crippen molar-refractivity contribution >= 4 is 129 Å². The van der Waals surface area contributed by atoms with Crippen LogP contribution < -0.4 is 59.1 Å². The monoisotopic (exact) mass is 1150 g/mol. The van der Waals surface area contributed by atoms with E-state index in [-0.39, 0.29) is 92.2 Å². The maximum absolute atomic E-state index is 11.0. The molecule has 4 N–H and O–H groups in total. The molecule has 0 spiro atoms. The molecule has 33 heteroatoms. The van der Waals surface area contributed by atoms with Crippen LogP contribution in [0.5, 0.6) is 0 Å². The Balaban J connectivity index is -0.000000107. The van der Waals surface area contributed by atoms with Gasteiger partial charge in [-0.3, -0.25) is 18.7 Å². The Morgan fingerprint density at radius 1 is 0.588 bits per heavy atom. The number of ether oxygens (including phenoxy) is 2. The van der Waals surface area contributed by atoms with Crippen LogP contribution in [0.4, 0.5) is 0 Å². The van der Waals surface area contributed by atoms with Gasteiger partial charge in [-0.25, -0.2) is 22.2 Å². The van der Waals surface area contributed by atoms with E-state index < -0.39 is 72.6 Å². The van der Waals surface area contributed by atoms with Crippen LogP contribution in [-0.2, 0) is 96.6 Å². The van der Waals surface area contributed by atoms with Crippen molar-refractivity contribution in [3.05, 3.63) is 138 Å². The molecule has 0 aliphatic carbocycles. The number of carbonyl (C=O) groups is 4. The van der Waals surface area contributed by atoms with E-state index in [2.05, 4.69) is 30.8 Å². The van der Waals surface area contributed by atoms with Crippen molar-refractivity contribution in [1.82, 2.24) is 0 Å². The molecule has 0 bridgehead atoms. The molecule has 68 heavy (non-hydrogen) atoms. The largest absolute Gasteiger partial charge is 1.00 e. The molecule has 0 atom stereocenters. The van der Waals surface area contributed by atoms with E-state index in [1.165, 1.54) is 87.1 Å². The third-order valence-corrected chi connectivity index (χ3v) is 8.17. The molecule has 0 aliphatic rings. The van der Waals surface area contributed by atoms with E-state index in [1.54, 1.807) is 36.4 Å². The second-order valence-corrected chi connectivity index (χ2v) is 18.1. The van der Waals surface area contributed by atoms with Crippen LogP contribution in [0.15, 0.2) is 130 Å². The van der Waals surface area contributed by atoms with Gasteiger partial charge in [0, 0.05) is 55.3 Å². The summed E-state index contributed by atoms with van der Waals surface area (Å²) in [5, 5.41) is 0. The molecule has 0 unspecified atom stereocenters. The van der Waals surface area contributed by atoms with Crippen LogP contribution >= 0.6 is 32.0 Å². The number of methoxy groups -OCH3 is 2. The summed E-state index contributed by atoms with van der Waals surface area (Å²) < 4.78 is 139. The summed E-state index contributed by atoms with van der Waals surface area (Å²) in [5.74, 6) is -0.997. The molecule has 0 heterocycles. The van der Waals surface area contributed by atoms with Crippen molar-refractivity contribution in [2.75, 3.05) is 14.2 Å². The molecule has 0 amide bonds. The molecule has 4 aromatic rings. The molecule has 4 rings (SSSR count). The molecule has 22 nitrogen and oxygen atoms in total. The molecule has 4 aromatic carbocycles. The van der Waals surface area contributed by atoms with Crippen LogP contribution in [-0.4, -0.2) is 92.5 Å². The average Bonchev–Trinajstić information content (AvgIpc) is 3.21. The van der Waals surface area contributed by atoms with Gasteiger partial charge in [0.1, 0.15) is 12.6 Å². The van der Waals surface area contributed by atoms with Gasteiger partial charge in [-0.2, -0.15) is 8.42 Å². The third-order valence-electron chi connectivity index (χ3n) is 5.54. The average molecular weight is 1150 g/mol. The molecule has 0 saturated heterocycles. The summed E-state index contributed by atoms with van der Waals surface area (Å²) in [7, 11) is -0.965. The maximum Gasteiger partial charge on any atom is 1.00 e. The summed E-state index contributed by atoms with van der Waals surface area (Å²) in [6.45, 7) is 0. The molecule has 370 valence electrons. The second-order valence-electron chi connectivity index (χ2n) is 9.82. The Bertz CT molecular complexity index is 2650. The van der Waals surface area contributed by atoms with Crippen LogP contribution in [0.2, 0.25) is 0 Å². The van der Waals surface area contributed by atoms with Crippen LogP contribution in [0.25, 0.3) is 12.2 Å². The van der Waals surface area contributed by atoms with Gasteiger partial charge >= 0.3 is 92.1 Å².